The summed E-state index contributed by atoms with van der Waals surface area (Å²) < 4.78 is 0. The first-order valence-corrected chi connectivity index (χ1v) is 19.7. The van der Waals surface area contributed by atoms with Crippen LogP contribution in [0.25, 0.3) is 99.6 Å². The van der Waals surface area contributed by atoms with Crippen molar-refractivity contribution in [3.8, 4) is 67.3 Å². The Morgan fingerprint density at radius 3 is 1.70 bits per heavy atom. The van der Waals surface area contributed by atoms with E-state index in [4.69, 9.17) is 9.97 Å². The van der Waals surface area contributed by atoms with Gasteiger partial charge in [0, 0.05) is 22.1 Å². The predicted octanol–water partition coefficient (Wildman–Crippen LogP) is 14.6. The molecule has 0 atom stereocenters. The minimum absolute atomic E-state index is 0.0388. The molecule has 0 N–H and O–H groups in total. The van der Waals surface area contributed by atoms with Gasteiger partial charge < -0.3 is 0 Å². The highest BCUT2D eigenvalue weighted by molar-refractivity contribution is 6.20. The van der Waals surface area contributed by atoms with Crippen LogP contribution < -0.4 is 0 Å². The van der Waals surface area contributed by atoms with Gasteiger partial charge in [-0.2, -0.15) is 0 Å². The Kier molecular flexibility index (Phi) is 7.55. The van der Waals surface area contributed by atoms with Gasteiger partial charge >= 0.3 is 0 Å². The summed E-state index contributed by atoms with van der Waals surface area (Å²) in [5.41, 5.74) is 15.1. The standard InChI is InChI=1S/C55H38N2/c1-55(2)49-19-11-10-18-45(49)46-30-29-41(33-50(46)55)35-20-22-38(23-21-35)52-34-51(37-13-4-3-5-14-37)56-54(57-52)40-26-24-39(25-27-40)53-44-17-9-7-15-42(44)32-48-43-16-8-6-12-36(43)28-31-47(48)53/h3-34H,1-2H3. The van der Waals surface area contributed by atoms with E-state index < -0.39 is 0 Å². The van der Waals surface area contributed by atoms with Gasteiger partial charge in [-0.3, -0.25) is 0 Å². The fourth-order valence-electron chi connectivity index (χ4n) is 9.12. The van der Waals surface area contributed by atoms with Crippen LogP contribution >= 0.6 is 0 Å². The monoisotopic (exact) mass is 726 g/mol. The molecule has 1 aliphatic rings. The Balaban J connectivity index is 0.983. The van der Waals surface area contributed by atoms with Crippen LogP contribution in [-0.2, 0) is 5.41 Å². The molecule has 0 bridgehead atoms. The summed E-state index contributed by atoms with van der Waals surface area (Å²) in [6, 6.07) is 70.2. The maximum atomic E-state index is 5.22. The van der Waals surface area contributed by atoms with E-state index in [1.165, 1.54) is 76.8 Å². The van der Waals surface area contributed by atoms with E-state index >= 15 is 0 Å². The van der Waals surface area contributed by atoms with E-state index in [-0.39, 0.29) is 5.41 Å². The van der Waals surface area contributed by atoms with Crippen molar-refractivity contribution in [3.05, 3.63) is 205 Å². The van der Waals surface area contributed by atoms with Gasteiger partial charge in [0.2, 0.25) is 0 Å². The fraction of sp³-hybridized carbons (Fsp3) is 0.0545. The molecule has 0 saturated heterocycles. The zero-order valence-corrected chi connectivity index (χ0v) is 31.9. The molecule has 1 heterocycles. The summed E-state index contributed by atoms with van der Waals surface area (Å²) >= 11 is 0. The average molecular weight is 727 g/mol. The van der Waals surface area contributed by atoms with Crippen LogP contribution in [-0.4, -0.2) is 9.97 Å². The maximum Gasteiger partial charge on any atom is 0.160 e. The van der Waals surface area contributed by atoms with E-state index in [9.17, 15) is 0 Å². The van der Waals surface area contributed by atoms with Crippen LogP contribution in [0.1, 0.15) is 25.0 Å². The quantitative estimate of drug-likeness (QED) is 0.130. The lowest BCUT2D eigenvalue weighted by molar-refractivity contribution is 0.660. The second-order valence-electron chi connectivity index (χ2n) is 15.8. The molecule has 2 nitrogen and oxygen atoms in total. The minimum Gasteiger partial charge on any atom is -0.228 e. The number of benzene rings is 9. The summed E-state index contributed by atoms with van der Waals surface area (Å²) in [6.45, 7) is 4.67. The lowest BCUT2D eigenvalue weighted by atomic mass is 9.81. The molecule has 2 heteroatoms. The molecule has 0 radical (unpaired) electrons. The largest absolute Gasteiger partial charge is 0.228 e. The van der Waals surface area contributed by atoms with Crippen molar-refractivity contribution in [3.63, 3.8) is 0 Å². The Morgan fingerprint density at radius 1 is 0.333 bits per heavy atom. The second-order valence-corrected chi connectivity index (χ2v) is 15.8. The van der Waals surface area contributed by atoms with E-state index in [1.54, 1.807) is 0 Å². The SMILES string of the molecule is CC1(C)c2ccccc2-c2ccc(-c3ccc(-c4cc(-c5ccccc5)nc(-c5ccc(-c6c7ccccc7cc7c6ccc6ccccc67)cc5)n4)cc3)cc21. The summed E-state index contributed by atoms with van der Waals surface area (Å²) in [4.78, 5) is 10.4. The van der Waals surface area contributed by atoms with Crippen LogP contribution in [0.15, 0.2) is 194 Å². The van der Waals surface area contributed by atoms with Gasteiger partial charge in [-0.05, 0) is 95.0 Å². The third-order valence-electron chi connectivity index (χ3n) is 12.1. The number of nitrogens with zero attached hydrogens (tertiary/aromatic N) is 2. The first kappa shape index (κ1) is 33.2. The molecule has 10 aromatic rings. The van der Waals surface area contributed by atoms with E-state index in [0.29, 0.717) is 5.82 Å². The predicted molar refractivity (Wildman–Crippen MR) is 239 cm³/mol. The molecule has 57 heavy (non-hydrogen) atoms. The summed E-state index contributed by atoms with van der Waals surface area (Å²) in [5, 5.41) is 7.52. The molecular weight excluding hydrogens is 689 g/mol. The van der Waals surface area contributed by atoms with Gasteiger partial charge in [-0.15, -0.1) is 0 Å². The van der Waals surface area contributed by atoms with Gasteiger partial charge in [0.05, 0.1) is 11.4 Å². The van der Waals surface area contributed by atoms with Crippen molar-refractivity contribution in [2.24, 2.45) is 0 Å². The minimum atomic E-state index is -0.0388. The molecular formula is C55H38N2. The zero-order valence-electron chi connectivity index (χ0n) is 31.9. The van der Waals surface area contributed by atoms with Crippen LogP contribution in [0, 0.1) is 0 Å². The highest BCUT2D eigenvalue weighted by Crippen LogP contribution is 2.49. The third-order valence-corrected chi connectivity index (χ3v) is 12.1. The summed E-state index contributed by atoms with van der Waals surface area (Å²) in [7, 11) is 0. The molecule has 268 valence electrons. The summed E-state index contributed by atoms with van der Waals surface area (Å²) in [6.07, 6.45) is 0. The molecule has 9 aromatic carbocycles. The average Bonchev–Trinajstić information content (AvgIpc) is 3.51. The molecule has 11 rings (SSSR count). The lowest BCUT2D eigenvalue weighted by Gasteiger charge is -2.22. The summed E-state index contributed by atoms with van der Waals surface area (Å²) in [5.74, 6) is 0.705. The fourth-order valence-corrected chi connectivity index (χ4v) is 9.12. The van der Waals surface area contributed by atoms with Crippen LogP contribution in [0.2, 0.25) is 0 Å². The van der Waals surface area contributed by atoms with Crippen LogP contribution in [0.3, 0.4) is 0 Å². The maximum absolute atomic E-state index is 5.22. The number of hydrogen-bond acceptors (Lipinski definition) is 2. The topological polar surface area (TPSA) is 25.8 Å². The number of rotatable bonds is 5. The first-order chi connectivity index (χ1) is 28.0. The highest BCUT2D eigenvalue weighted by atomic mass is 14.9. The Hall–Kier alpha value is -7.16. The molecule has 0 unspecified atom stereocenters. The highest BCUT2D eigenvalue weighted by Gasteiger charge is 2.35. The van der Waals surface area contributed by atoms with Crippen molar-refractivity contribution in [2.75, 3.05) is 0 Å². The molecule has 1 aliphatic carbocycles. The first-order valence-electron chi connectivity index (χ1n) is 19.7. The van der Waals surface area contributed by atoms with Crippen molar-refractivity contribution >= 4 is 32.3 Å². The lowest BCUT2D eigenvalue weighted by Crippen LogP contribution is -2.14. The third kappa shape index (κ3) is 5.48. The number of aromatic nitrogens is 2. The molecule has 1 aromatic heterocycles. The Morgan fingerprint density at radius 2 is 0.912 bits per heavy atom. The molecule has 0 saturated carbocycles. The van der Waals surface area contributed by atoms with Gasteiger partial charge in [-0.25, -0.2) is 9.97 Å². The number of hydrogen-bond donors (Lipinski definition) is 0. The Bertz CT molecular complexity index is 3180. The Labute approximate surface area is 332 Å². The molecule has 0 aliphatic heterocycles. The second kappa shape index (κ2) is 13.0. The van der Waals surface area contributed by atoms with Crippen molar-refractivity contribution in [1.29, 1.82) is 0 Å². The van der Waals surface area contributed by atoms with Crippen LogP contribution in [0.4, 0.5) is 0 Å². The van der Waals surface area contributed by atoms with Gasteiger partial charge in [-0.1, -0.05) is 190 Å². The van der Waals surface area contributed by atoms with Gasteiger partial charge in [0.1, 0.15) is 0 Å². The van der Waals surface area contributed by atoms with Gasteiger partial charge in [0.25, 0.3) is 0 Å². The normalized spacial score (nSPS) is 12.9. The van der Waals surface area contributed by atoms with E-state index in [1.807, 2.05) is 6.07 Å². The molecule has 0 amide bonds. The van der Waals surface area contributed by atoms with Crippen molar-refractivity contribution < 1.29 is 0 Å². The number of fused-ring (bicyclic) bond motifs is 7. The smallest absolute Gasteiger partial charge is 0.160 e. The van der Waals surface area contributed by atoms with Crippen molar-refractivity contribution in [2.45, 2.75) is 19.3 Å². The molecule has 0 fully saturated rings. The zero-order chi connectivity index (χ0) is 38.1. The van der Waals surface area contributed by atoms with Crippen LogP contribution in [0.5, 0.6) is 0 Å². The molecule has 0 spiro atoms. The van der Waals surface area contributed by atoms with Gasteiger partial charge in [0.15, 0.2) is 5.82 Å². The van der Waals surface area contributed by atoms with E-state index in [2.05, 4.69) is 202 Å². The van der Waals surface area contributed by atoms with E-state index in [0.717, 1.165) is 28.1 Å². The van der Waals surface area contributed by atoms with Crippen molar-refractivity contribution in [1.82, 2.24) is 9.97 Å².